The molecule has 2 unspecified atom stereocenters. The summed E-state index contributed by atoms with van der Waals surface area (Å²) in [6, 6.07) is 2.56. The number of thiophene rings is 1. The lowest BCUT2D eigenvalue weighted by Crippen LogP contribution is -2.37. The van der Waals surface area contributed by atoms with Crippen LogP contribution in [-0.4, -0.2) is 22.6 Å². The average Bonchev–Trinajstić information content (AvgIpc) is 2.71. The molecule has 0 spiro atoms. The maximum absolute atomic E-state index is 10.1. The Kier molecular flexibility index (Phi) is 1.72. The Morgan fingerprint density at radius 3 is 3.38 bits per heavy atom. The summed E-state index contributed by atoms with van der Waals surface area (Å²) in [7, 11) is 0. The molecule has 1 aromatic heterocycles. The number of nitrogens with zero attached hydrogens (tertiary/aromatic N) is 1. The lowest BCUT2D eigenvalue weighted by Gasteiger charge is -2.33. The van der Waals surface area contributed by atoms with Crippen LogP contribution in [0.25, 0.3) is 0 Å². The standard InChI is InChI=1S/C10H13NOS/c12-9-8-2-1-4-11(8)6-7-3-5-13-10(7)9/h3,5,8-9,12H,1-2,4,6H2. The summed E-state index contributed by atoms with van der Waals surface area (Å²) in [6.45, 7) is 2.22. The van der Waals surface area contributed by atoms with Gasteiger partial charge in [-0.25, -0.2) is 0 Å². The second kappa shape index (κ2) is 2.80. The molecule has 0 aliphatic carbocycles. The van der Waals surface area contributed by atoms with Crippen LogP contribution in [0.5, 0.6) is 0 Å². The maximum atomic E-state index is 10.1. The van der Waals surface area contributed by atoms with Gasteiger partial charge < -0.3 is 5.11 Å². The van der Waals surface area contributed by atoms with Gasteiger partial charge >= 0.3 is 0 Å². The number of aliphatic hydroxyl groups is 1. The first kappa shape index (κ1) is 7.97. The molecular weight excluding hydrogens is 182 g/mol. The predicted molar refractivity (Wildman–Crippen MR) is 52.7 cm³/mol. The largest absolute Gasteiger partial charge is 0.386 e. The monoisotopic (exact) mass is 195 g/mol. The van der Waals surface area contributed by atoms with Gasteiger partial charge in [-0.2, -0.15) is 0 Å². The van der Waals surface area contributed by atoms with Gasteiger partial charge in [-0.05, 0) is 36.4 Å². The molecule has 3 heterocycles. The summed E-state index contributed by atoms with van der Waals surface area (Å²) in [5, 5.41) is 12.2. The average molecular weight is 195 g/mol. The molecule has 70 valence electrons. The Balaban J connectivity index is 2.02. The Morgan fingerprint density at radius 1 is 1.54 bits per heavy atom. The van der Waals surface area contributed by atoms with Crippen molar-refractivity contribution in [2.75, 3.05) is 6.54 Å². The molecule has 1 fully saturated rings. The minimum Gasteiger partial charge on any atom is -0.386 e. The first-order valence-corrected chi connectivity index (χ1v) is 5.72. The van der Waals surface area contributed by atoms with Gasteiger partial charge in [0.05, 0.1) is 0 Å². The number of rotatable bonds is 0. The van der Waals surface area contributed by atoms with Gasteiger partial charge in [0.1, 0.15) is 6.10 Å². The summed E-state index contributed by atoms with van der Waals surface area (Å²) >= 11 is 1.71. The molecule has 3 rings (SSSR count). The van der Waals surface area contributed by atoms with Crippen molar-refractivity contribution in [1.82, 2.24) is 4.90 Å². The molecule has 13 heavy (non-hydrogen) atoms. The van der Waals surface area contributed by atoms with Crippen LogP contribution in [0.2, 0.25) is 0 Å². The predicted octanol–water partition coefficient (Wildman–Crippen LogP) is 1.76. The molecule has 0 saturated carbocycles. The van der Waals surface area contributed by atoms with Crippen molar-refractivity contribution in [2.24, 2.45) is 0 Å². The van der Waals surface area contributed by atoms with E-state index in [1.807, 2.05) is 0 Å². The van der Waals surface area contributed by atoms with E-state index in [2.05, 4.69) is 16.3 Å². The van der Waals surface area contributed by atoms with Gasteiger partial charge in [-0.15, -0.1) is 11.3 Å². The van der Waals surface area contributed by atoms with Crippen molar-refractivity contribution >= 4 is 11.3 Å². The molecule has 2 aliphatic rings. The second-order valence-corrected chi connectivity index (χ2v) is 4.88. The molecule has 1 saturated heterocycles. The zero-order valence-corrected chi connectivity index (χ0v) is 8.26. The summed E-state index contributed by atoms with van der Waals surface area (Å²) in [5.41, 5.74) is 1.34. The Bertz CT molecular complexity index is 322. The van der Waals surface area contributed by atoms with E-state index in [-0.39, 0.29) is 6.10 Å². The Morgan fingerprint density at radius 2 is 2.46 bits per heavy atom. The highest BCUT2D eigenvalue weighted by Crippen LogP contribution is 2.39. The van der Waals surface area contributed by atoms with Crippen LogP contribution in [0.4, 0.5) is 0 Å². The highest BCUT2D eigenvalue weighted by molar-refractivity contribution is 7.10. The summed E-state index contributed by atoms with van der Waals surface area (Å²) < 4.78 is 0. The molecule has 1 N–H and O–H groups in total. The fourth-order valence-electron chi connectivity index (χ4n) is 2.54. The van der Waals surface area contributed by atoms with Gasteiger partial charge in [0.25, 0.3) is 0 Å². The molecule has 0 radical (unpaired) electrons. The zero-order chi connectivity index (χ0) is 8.84. The minimum atomic E-state index is -0.216. The van der Waals surface area contributed by atoms with Crippen LogP contribution in [0, 0.1) is 0 Å². The molecule has 0 aromatic carbocycles. The van der Waals surface area contributed by atoms with Crippen molar-refractivity contribution in [3.63, 3.8) is 0 Å². The van der Waals surface area contributed by atoms with Crippen molar-refractivity contribution in [3.05, 3.63) is 21.9 Å². The van der Waals surface area contributed by atoms with Crippen molar-refractivity contribution in [1.29, 1.82) is 0 Å². The lowest BCUT2D eigenvalue weighted by atomic mass is 10.00. The molecule has 0 bridgehead atoms. The molecule has 2 aliphatic heterocycles. The fraction of sp³-hybridized carbons (Fsp3) is 0.600. The van der Waals surface area contributed by atoms with Gasteiger partial charge in [0.2, 0.25) is 0 Å². The van der Waals surface area contributed by atoms with Crippen molar-refractivity contribution < 1.29 is 5.11 Å². The van der Waals surface area contributed by atoms with Gasteiger partial charge in [0, 0.05) is 17.5 Å². The normalized spacial score (nSPS) is 33.0. The van der Waals surface area contributed by atoms with Crippen LogP contribution in [0.3, 0.4) is 0 Å². The lowest BCUT2D eigenvalue weighted by molar-refractivity contribution is 0.0567. The second-order valence-electron chi connectivity index (χ2n) is 3.93. The van der Waals surface area contributed by atoms with Crippen LogP contribution >= 0.6 is 11.3 Å². The molecule has 3 heteroatoms. The van der Waals surface area contributed by atoms with Crippen molar-refractivity contribution in [3.8, 4) is 0 Å². The number of hydrogen-bond donors (Lipinski definition) is 1. The first-order chi connectivity index (χ1) is 6.36. The summed E-state index contributed by atoms with van der Waals surface area (Å²) in [5.74, 6) is 0. The molecule has 2 nitrogen and oxygen atoms in total. The van der Waals surface area contributed by atoms with Crippen molar-refractivity contribution in [2.45, 2.75) is 31.5 Å². The topological polar surface area (TPSA) is 23.5 Å². The van der Waals surface area contributed by atoms with E-state index in [0.29, 0.717) is 6.04 Å². The van der Waals surface area contributed by atoms with E-state index in [1.54, 1.807) is 11.3 Å². The number of fused-ring (bicyclic) bond motifs is 2. The Hall–Kier alpha value is -0.380. The van der Waals surface area contributed by atoms with E-state index >= 15 is 0 Å². The third-order valence-corrected chi connectivity index (χ3v) is 4.23. The van der Waals surface area contributed by atoms with E-state index in [4.69, 9.17) is 0 Å². The van der Waals surface area contributed by atoms with Gasteiger partial charge in [-0.1, -0.05) is 0 Å². The molecular formula is C10H13NOS. The third-order valence-electron chi connectivity index (χ3n) is 3.20. The fourth-order valence-corrected chi connectivity index (χ4v) is 3.50. The molecule has 1 aromatic rings. The third kappa shape index (κ3) is 1.08. The highest BCUT2D eigenvalue weighted by atomic mass is 32.1. The number of aliphatic hydroxyl groups excluding tert-OH is 1. The van der Waals surface area contributed by atoms with E-state index in [0.717, 1.165) is 13.1 Å². The Labute approximate surface area is 81.8 Å². The number of hydrogen-bond acceptors (Lipinski definition) is 3. The quantitative estimate of drug-likeness (QED) is 0.682. The minimum absolute atomic E-state index is 0.216. The maximum Gasteiger partial charge on any atom is 0.104 e. The van der Waals surface area contributed by atoms with Crippen LogP contribution < -0.4 is 0 Å². The molecule has 0 amide bonds. The van der Waals surface area contributed by atoms with Crippen LogP contribution in [0.15, 0.2) is 11.4 Å². The zero-order valence-electron chi connectivity index (χ0n) is 7.44. The smallest absolute Gasteiger partial charge is 0.104 e. The summed E-state index contributed by atoms with van der Waals surface area (Å²) in [6.07, 6.45) is 2.20. The van der Waals surface area contributed by atoms with Gasteiger partial charge in [0.15, 0.2) is 0 Å². The van der Waals surface area contributed by atoms with Crippen LogP contribution in [0.1, 0.15) is 29.4 Å². The van der Waals surface area contributed by atoms with E-state index < -0.39 is 0 Å². The van der Waals surface area contributed by atoms with Crippen LogP contribution in [-0.2, 0) is 6.54 Å². The summed E-state index contributed by atoms with van der Waals surface area (Å²) in [4.78, 5) is 3.63. The van der Waals surface area contributed by atoms with E-state index in [9.17, 15) is 5.11 Å². The van der Waals surface area contributed by atoms with Gasteiger partial charge in [-0.3, -0.25) is 4.90 Å². The highest BCUT2D eigenvalue weighted by Gasteiger charge is 2.37. The SMILES string of the molecule is OC1c2sccc2CN2CCCC12. The van der Waals surface area contributed by atoms with E-state index in [1.165, 1.54) is 23.3 Å². The molecule has 2 atom stereocenters. The first-order valence-electron chi connectivity index (χ1n) is 4.84.